The molecule has 0 fully saturated rings. The van der Waals surface area contributed by atoms with Crippen LogP contribution < -0.4 is 0 Å². The van der Waals surface area contributed by atoms with Gasteiger partial charge in [-0.25, -0.2) is 0 Å². The van der Waals surface area contributed by atoms with E-state index >= 15 is 0 Å². The Bertz CT molecular complexity index is 207. The number of hydrogen-bond donors (Lipinski definition) is 0. The van der Waals surface area contributed by atoms with Gasteiger partial charge in [-0.3, -0.25) is 4.79 Å². The first-order valence-corrected chi connectivity index (χ1v) is 5.74. The van der Waals surface area contributed by atoms with Gasteiger partial charge >= 0.3 is 5.97 Å². The van der Waals surface area contributed by atoms with Crippen LogP contribution in [-0.4, -0.2) is 12.6 Å². The molecule has 88 valence electrons. The number of ether oxygens (including phenoxy) is 1. The SMILES string of the molecule is C=C(C)CCCC(C)C(=O)OCC(C)C. The molecule has 1 atom stereocenters. The average Bonchev–Trinajstić information content (AvgIpc) is 2.13. The smallest absolute Gasteiger partial charge is 0.308 e. The molecule has 0 amide bonds. The fourth-order valence-electron chi connectivity index (χ4n) is 1.22. The van der Waals surface area contributed by atoms with Gasteiger partial charge in [0.1, 0.15) is 0 Å². The van der Waals surface area contributed by atoms with E-state index in [1.54, 1.807) is 0 Å². The summed E-state index contributed by atoms with van der Waals surface area (Å²) in [6.45, 7) is 12.4. The summed E-state index contributed by atoms with van der Waals surface area (Å²) in [6, 6.07) is 0. The quantitative estimate of drug-likeness (QED) is 0.476. The second kappa shape index (κ2) is 7.49. The van der Waals surface area contributed by atoms with Crippen LogP contribution in [0.1, 0.15) is 47.0 Å². The number of carbonyl (C=O) groups excluding carboxylic acids is 1. The van der Waals surface area contributed by atoms with Crippen molar-refractivity contribution in [1.82, 2.24) is 0 Å². The lowest BCUT2D eigenvalue weighted by Gasteiger charge is -2.12. The Morgan fingerprint density at radius 3 is 2.40 bits per heavy atom. The van der Waals surface area contributed by atoms with Crippen LogP contribution in [0.2, 0.25) is 0 Å². The van der Waals surface area contributed by atoms with Crippen molar-refractivity contribution in [2.75, 3.05) is 6.61 Å². The van der Waals surface area contributed by atoms with E-state index in [0.29, 0.717) is 12.5 Å². The van der Waals surface area contributed by atoms with Crippen molar-refractivity contribution >= 4 is 5.97 Å². The van der Waals surface area contributed by atoms with Gasteiger partial charge in [0, 0.05) is 0 Å². The number of rotatable bonds is 7. The van der Waals surface area contributed by atoms with Crippen LogP contribution in [0.4, 0.5) is 0 Å². The summed E-state index contributed by atoms with van der Waals surface area (Å²) in [5.74, 6) is 0.366. The lowest BCUT2D eigenvalue weighted by Crippen LogP contribution is -2.17. The maximum absolute atomic E-state index is 11.5. The summed E-state index contributed by atoms with van der Waals surface area (Å²) >= 11 is 0. The van der Waals surface area contributed by atoms with Gasteiger partial charge in [0.15, 0.2) is 0 Å². The molecule has 0 aromatic heterocycles. The number of carbonyl (C=O) groups is 1. The molecule has 0 aliphatic rings. The number of hydrogen-bond acceptors (Lipinski definition) is 2. The Labute approximate surface area is 93.7 Å². The van der Waals surface area contributed by atoms with Crippen molar-refractivity contribution in [2.24, 2.45) is 11.8 Å². The summed E-state index contributed by atoms with van der Waals surface area (Å²) in [6.07, 6.45) is 2.92. The molecule has 0 spiro atoms. The summed E-state index contributed by atoms with van der Waals surface area (Å²) in [5, 5.41) is 0. The van der Waals surface area contributed by atoms with Crippen molar-refractivity contribution in [3.05, 3.63) is 12.2 Å². The largest absolute Gasteiger partial charge is 0.465 e. The molecule has 0 aromatic rings. The van der Waals surface area contributed by atoms with Gasteiger partial charge in [-0.15, -0.1) is 6.58 Å². The second-order valence-electron chi connectivity index (χ2n) is 4.77. The van der Waals surface area contributed by atoms with Crippen molar-refractivity contribution in [3.63, 3.8) is 0 Å². The highest BCUT2D eigenvalue weighted by atomic mass is 16.5. The molecule has 15 heavy (non-hydrogen) atoms. The lowest BCUT2D eigenvalue weighted by atomic mass is 10.0. The standard InChI is InChI=1S/C13H24O2/c1-10(2)7-6-8-12(5)13(14)15-9-11(3)4/h11-12H,1,6-9H2,2-5H3. The van der Waals surface area contributed by atoms with Crippen LogP contribution in [0.25, 0.3) is 0 Å². The summed E-state index contributed by atoms with van der Waals surface area (Å²) in [4.78, 5) is 11.5. The first kappa shape index (κ1) is 14.2. The summed E-state index contributed by atoms with van der Waals surface area (Å²) in [7, 11) is 0. The minimum absolute atomic E-state index is 0.0168. The maximum Gasteiger partial charge on any atom is 0.308 e. The molecule has 0 rings (SSSR count). The van der Waals surface area contributed by atoms with Gasteiger partial charge < -0.3 is 4.74 Å². The van der Waals surface area contributed by atoms with E-state index < -0.39 is 0 Å². The molecule has 0 aliphatic heterocycles. The number of allylic oxidation sites excluding steroid dienone is 1. The molecule has 0 N–H and O–H groups in total. The van der Waals surface area contributed by atoms with Gasteiger partial charge in [-0.1, -0.05) is 26.3 Å². The monoisotopic (exact) mass is 212 g/mol. The third-order valence-electron chi connectivity index (χ3n) is 2.20. The zero-order valence-corrected chi connectivity index (χ0v) is 10.5. The van der Waals surface area contributed by atoms with Gasteiger partial charge in [0.05, 0.1) is 12.5 Å². The minimum Gasteiger partial charge on any atom is -0.465 e. The summed E-state index contributed by atoms with van der Waals surface area (Å²) < 4.78 is 5.16. The van der Waals surface area contributed by atoms with E-state index in [9.17, 15) is 4.79 Å². The van der Waals surface area contributed by atoms with Crippen molar-refractivity contribution in [3.8, 4) is 0 Å². The molecule has 0 heterocycles. The normalized spacial score (nSPS) is 12.6. The Balaban J connectivity index is 3.64. The van der Waals surface area contributed by atoms with Crippen molar-refractivity contribution in [1.29, 1.82) is 0 Å². The fourth-order valence-corrected chi connectivity index (χ4v) is 1.22. The topological polar surface area (TPSA) is 26.3 Å². The van der Waals surface area contributed by atoms with Crippen molar-refractivity contribution in [2.45, 2.75) is 47.0 Å². The molecule has 0 bridgehead atoms. The first-order valence-electron chi connectivity index (χ1n) is 5.74. The van der Waals surface area contributed by atoms with Crippen LogP contribution in [0, 0.1) is 11.8 Å². The second-order valence-corrected chi connectivity index (χ2v) is 4.77. The molecule has 2 heteroatoms. The highest BCUT2D eigenvalue weighted by Crippen LogP contribution is 2.13. The van der Waals surface area contributed by atoms with Gasteiger partial charge in [-0.2, -0.15) is 0 Å². The molecule has 0 saturated heterocycles. The van der Waals surface area contributed by atoms with E-state index in [-0.39, 0.29) is 11.9 Å². The van der Waals surface area contributed by atoms with Gasteiger partial charge in [0.2, 0.25) is 0 Å². The third-order valence-corrected chi connectivity index (χ3v) is 2.20. The fraction of sp³-hybridized carbons (Fsp3) is 0.769. The average molecular weight is 212 g/mol. The molecule has 0 radical (unpaired) electrons. The van der Waals surface area contributed by atoms with Gasteiger partial charge in [0.25, 0.3) is 0 Å². The molecule has 0 aromatic carbocycles. The van der Waals surface area contributed by atoms with Crippen LogP contribution in [-0.2, 0) is 9.53 Å². The zero-order valence-electron chi connectivity index (χ0n) is 10.5. The zero-order chi connectivity index (χ0) is 11.8. The van der Waals surface area contributed by atoms with E-state index in [4.69, 9.17) is 4.74 Å². The van der Waals surface area contributed by atoms with E-state index in [0.717, 1.165) is 19.3 Å². The van der Waals surface area contributed by atoms with Crippen LogP contribution in [0.5, 0.6) is 0 Å². The predicted octanol–water partition coefficient (Wildman–Crippen LogP) is 3.57. The molecular formula is C13H24O2. The Morgan fingerprint density at radius 2 is 1.93 bits per heavy atom. The third kappa shape index (κ3) is 8.22. The number of esters is 1. The predicted molar refractivity (Wildman–Crippen MR) is 63.6 cm³/mol. The van der Waals surface area contributed by atoms with E-state index in [2.05, 4.69) is 6.58 Å². The highest BCUT2D eigenvalue weighted by Gasteiger charge is 2.14. The van der Waals surface area contributed by atoms with Gasteiger partial charge in [-0.05, 0) is 32.1 Å². The molecule has 2 nitrogen and oxygen atoms in total. The molecule has 0 saturated carbocycles. The molecular weight excluding hydrogens is 188 g/mol. The Morgan fingerprint density at radius 1 is 1.33 bits per heavy atom. The lowest BCUT2D eigenvalue weighted by molar-refractivity contribution is -0.149. The Kier molecular flexibility index (Phi) is 7.10. The minimum atomic E-state index is -0.0644. The first-order chi connectivity index (χ1) is 6.93. The molecule has 0 aliphatic carbocycles. The van der Waals surface area contributed by atoms with Crippen LogP contribution in [0.15, 0.2) is 12.2 Å². The maximum atomic E-state index is 11.5. The highest BCUT2D eigenvalue weighted by molar-refractivity contribution is 5.71. The summed E-state index contributed by atoms with van der Waals surface area (Å²) in [5.41, 5.74) is 1.18. The molecule has 1 unspecified atom stereocenters. The van der Waals surface area contributed by atoms with Crippen molar-refractivity contribution < 1.29 is 9.53 Å². The van der Waals surface area contributed by atoms with Crippen LogP contribution in [0.3, 0.4) is 0 Å². The van der Waals surface area contributed by atoms with E-state index in [1.165, 1.54) is 5.57 Å². The van der Waals surface area contributed by atoms with E-state index in [1.807, 2.05) is 27.7 Å². The Hall–Kier alpha value is -0.790. The van der Waals surface area contributed by atoms with Crippen LogP contribution >= 0.6 is 0 Å².